The smallest absolute Gasteiger partial charge is 0.335 e. The molecule has 0 atom stereocenters. The van der Waals surface area contributed by atoms with Crippen LogP contribution in [0, 0.1) is 6.92 Å². The number of aryl methyl sites for hydroxylation is 1. The lowest BCUT2D eigenvalue weighted by Gasteiger charge is -2.07. The fraction of sp³-hybridized carbons (Fsp3) is 0.231. The van der Waals surface area contributed by atoms with Crippen molar-refractivity contribution in [3.8, 4) is 0 Å². The van der Waals surface area contributed by atoms with Crippen LogP contribution >= 0.6 is 11.3 Å². The Hall–Kier alpha value is -2.48. The summed E-state index contributed by atoms with van der Waals surface area (Å²) in [5.74, 6) is -1.02. The first-order chi connectivity index (χ1) is 10.1. The lowest BCUT2D eigenvalue weighted by molar-refractivity contribution is 0.0696. The summed E-state index contributed by atoms with van der Waals surface area (Å²) in [5, 5.41) is 14.2. The van der Waals surface area contributed by atoms with Crippen LogP contribution in [0.5, 0.6) is 0 Å². The molecule has 0 saturated carbocycles. The van der Waals surface area contributed by atoms with Gasteiger partial charge in [-0.2, -0.15) is 0 Å². The number of rotatable bonds is 5. The van der Waals surface area contributed by atoms with E-state index in [1.165, 1.54) is 29.7 Å². The number of carbonyl (C=O) groups is 2. The van der Waals surface area contributed by atoms with Crippen LogP contribution in [-0.2, 0) is 13.1 Å². The highest BCUT2D eigenvalue weighted by atomic mass is 32.1. The second-order valence-electron chi connectivity index (χ2n) is 4.24. The highest BCUT2D eigenvalue weighted by Crippen LogP contribution is 2.11. The monoisotopic (exact) mass is 306 g/mol. The van der Waals surface area contributed by atoms with Crippen molar-refractivity contribution in [1.29, 1.82) is 0 Å². The van der Waals surface area contributed by atoms with Gasteiger partial charge in [0.1, 0.15) is 0 Å². The van der Waals surface area contributed by atoms with Gasteiger partial charge in [-0.05, 0) is 19.1 Å². The van der Waals surface area contributed by atoms with Gasteiger partial charge < -0.3 is 15.7 Å². The normalized spacial score (nSPS) is 10.1. The molecule has 2 amide bonds. The van der Waals surface area contributed by atoms with Gasteiger partial charge in [-0.15, -0.1) is 11.3 Å². The van der Waals surface area contributed by atoms with Crippen molar-refractivity contribution in [2.75, 3.05) is 0 Å². The van der Waals surface area contributed by atoms with E-state index in [2.05, 4.69) is 20.6 Å². The summed E-state index contributed by atoms with van der Waals surface area (Å²) in [5.41, 5.74) is 3.25. The number of pyridine rings is 1. The van der Waals surface area contributed by atoms with E-state index in [9.17, 15) is 9.59 Å². The fourth-order valence-corrected chi connectivity index (χ4v) is 2.31. The molecule has 21 heavy (non-hydrogen) atoms. The van der Waals surface area contributed by atoms with Crippen molar-refractivity contribution in [2.45, 2.75) is 20.0 Å². The molecule has 0 aliphatic carbocycles. The van der Waals surface area contributed by atoms with Crippen molar-refractivity contribution >= 4 is 23.3 Å². The second kappa shape index (κ2) is 6.80. The molecule has 0 fully saturated rings. The van der Waals surface area contributed by atoms with Gasteiger partial charge in [0.25, 0.3) is 0 Å². The van der Waals surface area contributed by atoms with Gasteiger partial charge in [-0.1, -0.05) is 0 Å². The van der Waals surface area contributed by atoms with Gasteiger partial charge in [-0.25, -0.2) is 14.6 Å². The lowest BCUT2D eigenvalue weighted by Crippen LogP contribution is -2.34. The number of carbonyl (C=O) groups excluding carboxylic acids is 1. The average Bonchev–Trinajstić information content (AvgIpc) is 2.88. The quantitative estimate of drug-likeness (QED) is 0.777. The number of aromatic nitrogens is 2. The number of thiazole rings is 1. The number of nitrogens with one attached hydrogen (secondary N) is 2. The molecule has 2 rings (SSSR count). The Morgan fingerprint density at radius 2 is 2.05 bits per heavy atom. The molecule has 0 aromatic carbocycles. The first-order valence-corrected chi connectivity index (χ1v) is 7.03. The molecule has 0 unspecified atom stereocenters. The Morgan fingerprint density at radius 3 is 2.71 bits per heavy atom. The number of nitrogens with zero attached hydrogens (tertiary/aromatic N) is 2. The van der Waals surface area contributed by atoms with Gasteiger partial charge >= 0.3 is 12.0 Å². The molecular formula is C13H14N4O3S. The maximum atomic E-state index is 11.7. The highest BCUT2D eigenvalue weighted by molar-refractivity contribution is 7.09. The molecule has 2 heterocycles. The molecule has 0 aliphatic rings. The summed E-state index contributed by atoms with van der Waals surface area (Å²) >= 11 is 1.48. The molecule has 2 aromatic heterocycles. The standard InChI is InChI=1S/C13H14N4O3S/c1-8-11(21-7-17-8)6-16-13(20)15-5-10-4-9(12(18)19)2-3-14-10/h2-4,7H,5-6H2,1H3,(H,18,19)(H2,15,16,20). The molecule has 2 aromatic rings. The topological polar surface area (TPSA) is 104 Å². The van der Waals surface area contributed by atoms with Crippen molar-refractivity contribution in [3.05, 3.63) is 45.7 Å². The van der Waals surface area contributed by atoms with Crippen LogP contribution in [-0.4, -0.2) is 27.1 Å². The number of aromatic carboxylic acids is 1. The van der Waals surface area contributed by atoms with Crippen LogP contribution in [0.1, 0.15) is 26.6 Å². The minimum absolute atomic E-state index is 0.141. The summed E-state index contributed by atoms with van der Waals surface area (Å²) in [6, 6.07) is 2.49. The van der Waals surface area contributed by atoms with Crippen LogP contribution in [0.3, 0.4) is 0 Å². The summed E-state index contributed by atoms with van der Waals surface area (Å²) < 4.78 is 0. The van der Waals surface area contributed by atoms with E-state index in [0.29, 0.717) is 12.2 Å². The van der Waals surface area contributed by atoms with Crippen molar-refractivity contribution in [2.24, 2.45) is 0 Å². The number of carboxylic acids is 1. The predicted molar refractivity (Wildman–Crippen MR) is 77.1 cm³/mol. The summed E-state index contributed by atoms with van der Waals surface area (Å²) in [4.78, 5) is 31.6. The van der Waals surface area contributed by atoms with E-state index < -0.39 is 5.97 Å². The molecular weight excluding hydrogens is 292 g/mol. The van der Waals surface area contributed by atoms with Crippen molar-refractivity contribution in [1.82, 2.24) is 20.6 Å². The third-order valence-corrected chi connectivity index (χ3v) is 3.68. The maximum absolute atomic E-state index is 11.7. The molecule has 0 radical (unpaired) electrons. The Balaban J connectivity index is 1.82. The van der Waals surface area contributed by atoms with Crippen molar-refractivity contribution < 1.29 is 14.7 Å². The molecule has 3 N–H and O–H groups in total. The first kappa shape index (κ1) is 14.9. The molecule has 0 aliphatic heterocycles. The Kier molecular flexibility index (Phi) is 4.83. The van der Waals surface area contributed by atoms with Gasteiger partial charge in [0, 0.05) is 11.1 Å². The molecule has 0 saturated heterocycles. The molecule has 110 valence electrons. The Labute approximate surface area is 125 Å². The van der Waals surface area contributed by atoms with Crippen LogP contribution < -0.4 is 10.6 Å². The van der Waals surface area contributed by atoms with E-state index in [1.54, 1.807) is 5.51 Å². The third-order valence-electron chi connectivity index (χ3n) is 2.75. The number of amides is 2. The molecule has 0 bridgehead atoms. The van der Waals surface area contributed by atoms with E-state index >= 15 is 0 Å². The van der Waals surface area contributed by atoms with Crippen LogP contribution in [0.25, 0.3) is 0 Å². The molecule has 0 spiro atoms. The van der Waals surface area contributed by atoms with E-state index in [0.717, 1.165) is 10.6 Å². The zero-order valence-electron chi connectivity index (χ0n) is 11.3. The minimum Gasteiger partial charge on any atom is -0.478 e. The lowest BCUT2D eigenvalue weighted by atomic mass is 10.2. The number of carboxylic acid groups (broad SMARTS) is 1. The van der Waals surface area contributed by atoms with E-state index in [4.69, 9.17) is 5.11 Å². The van der Waals surface area contributed by atoms with E-state index in [1.807, 2.05) is 6.92 Å². The molecule has 8 heteroatoms. The Bertz CT molecular complexity index is 656. The number of hydrogen-bond donors (Lipinski definition) is 3. The minimum atomic E-state index is -1.02. The van der Waals surface area contributed by atoms with Gasteiger partial charge in [-0.3, -0.25) is 4.98 Å². The van der Waals surface area contributed by atoms with Crippen molar-refractivity contribution in [3.63, 3.8) is 0 Å². The van der Waals surface area contributed by atoms with E-state index in [-0.39, 0.29) is 18.1 Å². The SMILES string of the molecule is Cc1ncsc1CNC(=O)NCc1cc(C(=O)O)ccn1. The predicted octanol–water partition coefficient (Wildman–Crippen LogP) is 1.54. The first-order valence-electron chi connectivity index (χ1n) is 6.15. The van der Waals surface area contributed by atoms with Crippen LogP contribution in [0.4, 0.5) is 4.79 Å². The summed E-state index contributed by atoms with van der Waals surface area (Å²) in [6.45, 7) is 2.45. The summed E-state index contributed by atoms with van der Waals surface area (Å²) in [6.07, 6.45) is 1.40. The van der Waals surface area contributed by atoms with Crippen LogP contribution in [0.15, 0.2) is 23.8 Å². The summed E-state index contributed by atoms with van der Waals surface area (Å²) in [7, 11) is 0. The zero-order valence-corrected chi connectivity index (χ0v) is 12.1. The van der Waals surface area contributed by atoms with Crippen LogP contribution in [0.2, 0.25) is 0 Å². The zero-order chi connectivity index (χ0) is 15.2. The largest absolute Gasteiger partial charge is 0.478 e. The average molecular weight is 306 g/mol. The third kappa shape index (κ3) is 4.25. The van der Waals surface area contributed by atoms with Gasteiger partial charge in [0.05, 0.1) is 35.6 Å². The van der Waals surface area contributed by atoms with Gasteiger partial charge in [0.15, 0.2) is 0 Å². The second-order valence-corrected chi connectivity index (χ2v) is 5.18. The highest BCUT2D eigenvalue weighted by Gasteiger charge is 2.07. The molecule has 7 nitrogen and oxygen atoms in total. The number of urea groups is 1. The van der Waals surface area contributed by atoms with Gasteiger partial charge in [0.2, 0.25) is 0 Å². The fourth-order valence-electron chi connectivity index (χ4n) is 1.60. The Morgan fingerprint density at radius 1 is 1.29 bits per heavy atom. The maximum Gasteiger partial charge on any atom is 0.335 e. The number of hydrogen-bond acceptors (Lipinski definition) is 5.